The van der Waals surface area contributed by atoms with Crippen LogP contribution >= 0.6 is 0 Å². The molecule has 1 aliphatic carbocycles. The summed E-state index contributed by atoms with van der Waals surface area (Å²) >= 11 is 0. The SMILES string of the molecule is OCCNCCC1CCCc2c1cnn2-c1ccccc1. The van der Waals surface area contributed by atoms with Gasteiger partial charge in [-0.15, -0.1) is 0 Å². The van der Waals surface area contributed by atoms with Gasteiger partial charge in [0, 0.05) is 12.2 Å². The van der Waals surface area contributed by atoms with Crippen LogP contribution in [0.25, 0.3) is 5.69 Å². The first-order valence-corrected chi connectivity index (χ1v) is 7.84. The third-order valence-corrected chi connectivity index (χ3v) is 4.27. The lowest BCUT2D eigenvalue weighted by Gasteiger charge is -2.23. The van der Waals surface area contributed by atoms with Crippen molar-refractivity contribution in [2.24, 2.45) is 0 Å². The molecule has 0 amide bonds. The third-order valence-electron chi connectivity index (χ3n) is 4.27. The average Bonchev–Trinajstić information content (AvgIpc) is 2.97. The Morgan fingerprint density at radius 2 is 2.10 bits per heavy atom. The van der Waals surface area contributed by atoms with E-state index in [2.05, 4.69) is 45.6 Å². The molecule has 4 heteroatoms. The lowest BCUT2D eigenvalue weighted by molar-refractivity contribution is 0.291. The lowest BCUT2D eigenvalue weighted by Crippen LogP contribution is -2.22. The largest absolute Gasteiger partial charge is 0.395 e. The van der Waals surface area contributed by atoms with Crippen molar-refractivity contribution in [1.82, 2.24) is 15.1 Å². The maximum absolute atomic E-state index is 8.81. The van der Waals surface area contributed by atoms with Gasteiger partial charge in [-0.1, -0.05) is 18.2 Å². The second kappa shape index (κ2) is 6.87. The maximum Gasteiger partial charge on any atom is 0.0648 e. The molecule has 0 saturated heterocycles. The van der Waals surface area contributed by atoms with Crippen LogP contribution in [0.15, 0.2) is 36.5 Å². The minimum absolute atomic E-state index is 0.210. The fourth-order valence-corrected chi connectivity index (χ4v) is 3.22. The molecule has 3 rings (SSSR count). The molecule has 0 radical (unpaired) electrons. The van der Waals surface area contributed by atoms with Gasteiger partial charge >= 0.3 is 0 Å². The molecular formula is C17H23N3O. The molecule has 1 atom stereocenters. The molecule has 4 nitrogen and oxygen atoms in total. The van der Waals surface area contributed by atoms with Gasteiger partial charge in [-0.05, 0) is 55.8 Å². The van der Waals surface area contributed by atoms with Gasteiger partial charge in [0.25, 0.3) is 0 Å². The Kier molecular flexibility index (Phi) is 4.68. The molecule has 1 unspecified atom stereocenters. The van der Waals surface area contributed by atoms with Crippen LogP contribution in [0, 0.1) is 0 Å². The highest BCUT2D eigenvalue weighted by molar-refractivity contribution is 5.37. The van der Waals surface area contributed by atoms with Crippen molar-refractivity contribution < 1.29 is 5.11 Å². The van der Waals surface area contributed by atoms with Gasteiger partial charge in [-0.25, -0.2) is 4.68 Å². The number of aromatic nitrogens is 2. The summed E-state index contributed by atoms with van der Waals surface area (Å²) in [5, 5.41) is 16.7. The minimum atomic E-state index is 0.210. The minimum Gasteiger partial charge on any atom is -0.395 e. The van der Waals surface area contributed by atoms with Gasteiger partial charge in [0.1, 0.15) is 0 Å². The van der Waals surface area contributed by atoms with E-state index in [1.165, 1.54) is 24.1 Å². The van der Waals surface area contributed by atoms with E-state index >= 15 is 0 Å². The van der Waals surface area contributed by atoms with Crippen LogP contribution < -0.4 is 5.32 Å². The number of hydrogen-bond acceptors (Lipinski definition) is 3. The highest BCUT2D eigenvalue weighted by Crippen LogP contribution is 2.34. The zero-order valence-corrected chi connectivity index (χ0v) is 12.3. The summed E-state index contributed by atoms with van der Waals surface area (Å²) in [6.45, 7) is 1.85. The van der Waals surface area contributed by atoms with Crippen molar-refractivity contribution in [2.45, 2.75) is 31.6 Å². The summed E-state index contributed by atoms with van der Waals surface area (Å²) in [4.78, 5) is 0. The van der Waals surface area contributed by atoms with E-state index in [1.54, 1.807) is 0 Å². The van der Waals surface area contributed by atoms with Crippen LogP contribution in [0.4, 0.5) is 0 Å². The molecule has 0 aliphatic heterocycles. The van der Waals surface area contributed by atoms with Gasteiger partial charge < -0.3 is 10.4 Å². The molecular weight excluding hydrogens is 262 g/mol. The number of para-hydroxylation sites is 1. The monoisotopic (exact) mass is 285 g/mol. The summed E-state index contributed by atoms with van der Waals surface area (Å²) in [7, 11) is 0. The van der Waals surface area contributed by atoms with Crippen molar-refractivity contribution in [1.29, 1.82) is 0 Å². The highest BCUT2D eigenvalue weighted by Gasteiger charge is 2.24. The summed E-state index contributed by atoms with van der Waals surface area (Å²) in [5.74, 6) is 0.595. The predicted octanol–water partition coefficient (Wildman–Crippen LogP) is 2.26. The smallest absolute Gasteiger partial charge is 0.0648 e. The molecule has 0 saturated carbocycles. The van der Waals surface area contributed by atoms with Gasteiger partial charge in [-0.3, -0.25) is 0 Å². The van der Waals surface area contributed by atoms with Crippen LogP contribution in [-0.4, -0.2) is 34.6 Å². The molecule has 0 fully saturated rings. The van der Waals surface area contributed by atoms with Crippen molar-refractivity contribution in [3.8, 4) is 5.69 Å². The molecule has 0 spiro atoms. The zero-order valence-electron chi connectivity index (χ0n) is 12.3. The topological polar surface area (TPSA) is 50.1 Å². The fourth-order valence-electron chi connectivity index (χ4n) is 3.22. The first-order chi connectivity index (χ1) is 10.4. The van der Waals surface area contributed by atoms with Crippen molar-refractivity contribution >= 4 is 0 Å². The Morgan fingerprint density at radius 1 is 1.24 bits per heavy atom. The molecule has 2 N–H and O–H groups in total. The van der Waals surface area contributed by atoms with Crippen molar-refractivity contribution in [3.63, 3.8) is 0 Å². The quantitative estimate of drug-likeness (QED) is 0.801. The lowest BCUT2D eigenvalue weighted by atomic mass is 9.85. The number of fused-ring (bicyclic) bond motifs is 1. The van der Waals surface area contributed by atoms with E-state index in [9.17, 15) is 0 Å². The second-order valence-electron chi connectivity index (χ2n) is 5.65. The van der Waals surface area contributed by atoms with Crippen LogP contribution in [0.1, 0.15) is 36.4 Å². The summed E-state index contributed by atoms with van der Waals surface area (Å²) in [6, 6.07) is 10.4. The van der Waals surface area contributed by atoms with Crippen molar-refractivity contribution in [2.75, 3.05) is 19.7 Å². The maximum atomic E-state index is 8.81. The Balaban J connectivity index is 1.76. The van der Waals surface area contributed by atoms with Crippen LogP contribution in [0.2, 0.25) is 0 Å². The molecule has 0 bridgehead atoms. The number of hydrogen-bond donors (Lipinski definition) is 2. The molecule has 1 aromatic heterocycles. The van der Waals surface area contributed by atoms with Crippen LogP contribution in [0.3, 0.4) is 0 Å². The molecule has 112 valence electrons. The van der Waals surface area contributed by atoms with E-state index < -0.39 is 0 Å². The summed E-state index contributed by atoms with van der Waals surface area (Å²) in [5.41, 5.74) is 3.94. The first-order valence-electron chi connectivity index (χ1n) is 7.84. The van der Waals surface area contributed by atoms with E-state index in [0.29, 0.717) is 12.5 Å². The number of aliphatic hydroxyl groups excluding tert-OH is 1. The number of rotatable bonds is 6. The number of nitrogens with one attached hydrogen (secondary N) is 1. The van der Waals surface area contributed by atoms with Crippen molar-refractivity contribution in [3.05, 3.63) is 47.8 Å². The van der Waals surface area contributed by atoms with E-state index in [4.69, 9.17) is 5.11 Å². The molecule has 1 heterocycles. The average molecular weight is 285 g/mol. The number of aliphatic hydroxyl groups is 1. The molecule has 2 aromatic rings. The summed E-state index contributed by atoms with van der Waals surface area (Å²) < 4.78 is 2.10. The fraction of sp³-hybridized carbons (Fsp3) is 0.471. The normalized spacial score (nSPS) is 17.7. The van der Waals surface area contributed by atoms with Gasteiger partial charge in [0.05, 0.1) is 18.5 Å². The highest BCUT2D eigenvalue weighted by atomic mass is 16.3. The number of benzene rings is 1. The van der Waals surface area contributed by atoms with Gasteiger partial charge in [0.2, 0.25) is 0 Å². The van der Waals surface area contributed by atoms with Crippen LogP contribution in [0.5, 0.6) is 0 Å². The standard InChI is InChI=1S/C17H23N3O/c21-12-11-18-10-9-14-5-4-8-17-16(14)13-19-20(17)15-6-2-1-3-7-15/h1-3,6-7,13-14,18,21H,4-5,8-12H2. The number of nitrogens with zero attached hydrogens (tertiary/aromatic N) is 2. The Labute approximate surface area is 125 Å². The molecule has 1 aromatic carbocycles. The van der Waals surface area contributed by atoms with Gasteiger partial charge in [0.15, 0.2) is 0 Å². The molecule has 21 heavy (non-hydrogen) atoms. The third kappa shape index (κ3) is 3.17. The predicted molar refractivity (Wildman–Crippen MR) is 83.8 cm³/mol. The van der Waals surface area contributed by atoms with E-state index in [1.807, 2.05) is 6.07 Å². The summed E-state index contributed by atoms with van der Waals surface area (Å²) in [6.07, 6.45) is 6.76. The zero-order chi connectivity index (χ0) is 14.5. The Bertz CT molecular complexity index is 565. The first kappa shape index (κ1) is 14.3. The Morgan fingerprint density at radius 3 is 2.90 bits per heavy atom. The van der Waals surface area contributed by atoms with E-state index in [0.717, 1.165) is 25.1 Å². The van der Waals surface area contributed by atoms with Crippen LogP contribution in [-0.2, 0) is 6.42 Å². The second-order valence-corrected chi connectivity index (χ2v) is 5.65. The van der Waals surface area contributed by atoms with E-state index in [-0.39, 0.29) is 6.61 Å². The molecule has 1 aliphatic rings. The Hall–Kier alpha value is -1.65. The van der Waals surface area contributed by atoms with Gasteiger partial charge in [-0.2, -0.15) is 5.10 Å².